The van der Waals surface area contributed by atoms with Crippen LogP contribution in [0, 0.1) is 50.7 Å². The molecule has 0 aromatic rings. The largest absolute Gasteiger partial charge is 0.393 e. The Hall–Kier alpha value is -0.340. The molecule has 5 aliphatic rings. The Morgan fingerprint density at radius 3 is 2.24 bits per heavy atom. The van der Waals surface area contributed by atoms with Crippen LogP contribution in [0.25, 0.3) is 0 Å². The third kappa shape index (κ3) is 3.11. The van der Waals surface area contributed by atoms with Crippen LogP contribution in [-0.2, 0) is 0 Å². The second-order valence-electron chi connectivity index (χ2n) is 14.9. The van der Waals surface area contributed by atoms with Gasteiger partial charge in [0.15, 0.2) is 0 Å². The van der Waals surface area contributed by atoms with E-state index in [0.717, 1.165) is 49.0 Å². The van der Waals surface area contributed by atoms with Crippen molar-refractivity contribution >= 4 is 0 Å². The highest BCUT2D eigenvalue weighted by molar-refractivity contribution is 5.30. The Kier molecular flexibility index (Phi) is 5.60. The smallest absolute Gasteiger partial charge is 0.0594 e. The maximum absolute atomic E-state index is 10.9. The maximum Gasteiger partial charge on any atom is 0.0594 e. The van der Waals surface area contributed by atoms with E-state index in [-0.39, 0.29) is 17.6 Å². The molecule has 0 unspecified atom stereocenters. The van der Waals surface area contributed by atoms with Gasteiger partial charge in [-0.3, -0.25) is 0 Å². The molecule has 5 rings (SSSR count). The number of hydrogen-bond acceptors (Lipinski definition) is 2. The molecule has 5 aliphatic carbocycles. The fraction of sp³-hybridized carbons (Fsp3) is 0.935. The SMILES string of the molecule is C=C(C)C[C@@H](O)CC[C@@H](C)[C@H]1CC[C@@]2(C)[C@@H]3CC[C@H]4C(C)(C)[C@@H](O)CC[C@@]45C[C@@]35CC[C@]12C. The maximum atomic E-state index is 10.9. The summed E-state index contributed by atoms with van der Waals surface area (Å²) in [5.41, 5.74) is 3.22. The van der Waals surface area contributed by atoms with Crippen molar-refractivity contribution in [2.24, 2.45) is 50.7 Å². The van der Waals surface area contributed by atoms with Crippen molar-refractivity contribution in [3.8, 4) is 0 Å². The third-order valence-electron chi connectivity index (χ3n) is 13.4. The van der Waals surface area contributed by atoms with Crippen molar-refractivity contribution in [1.29, 1.82) is 0 Å². The summed E-state index contributed by atoms with van der Waals surface area (Å²) in [6.45, 7) is 18.6. The molecule has 2 N–H and O–H groups in total. The quantitative estimate of drug-likeness (QED) is 0.405. The molecule has 5 saturated carbocycles. The predicted molar refractivity (Wildman–Crippen MR) is 137 cm³/mol. The second kappa shape index (κ2) is 7.58. The van der Waals surface area contributed by atoms with Gasteiger partial charge in [0.25, 0.3) is 0 Å². The van der Waals surface area contributed by atoms with Gasteiger partial charge in [0, 0.05) is 0 Å². The average molecular weight is 457 g/mol. The molecule has 188 valence electrons. The minimum absolute atomic E-state index is 0.0890. The van der Waals surface area contributed by atoms with E-state index >= 15 is 0 Å². The Morgan fingerprint density at radius 2 is 1.55 bits per heavy atom. The van der Waals surface area contributed by atoms with Crippen molar-refractivity contribution in [1.82, 2.24) is 0 Å². The summed E-state index contributed by atoms with van der Waals surface area (Å²) in [4.78, 5) is 0. The molecule has 0 amide bonds. The molecular formula is C31H52O2. The van der Waals surface area contributed by atoms with Crippen LogP contribution in [0.4, 0.5) is 0 Å². The molecule has 0 aromatic heterocycles. The van der Waals surface area contributed by atoms with Crippen molar-refractivity contribution in [2.75, 3.05) is 0 Å². The average Bonchev–Trinajstić information content (AvgIpc) is 3.32. The van der Waals surface area contributed by atoms with Gasteiger partial charge in [-0.15, -0.1) is 6.58 Å². The van der Waals surface area contributed by atoms with E-state index in [2.05, 4.69) is 41.2 Å². The highest BCUT2D eigenvalue weighted by Crippen LogP contribution is 2.89. The van der Waals surface area contributed by atoms with E-state index in [1.165, 1.54) is 51.4 Å². The molecule has 10 atom stereocenters. The first-order valence-corrected chi connectivity index (χ1v) is 14.3. The first-order valence-electron chi connectivity index (χ1n) is 14.3. The molecule has 0 aromatic carbocycles. The van der Waals surface area contributed by atoms with Crippen LogP contribution in [-0.4, -0.2) is 22.4 Å². The first kappa shape index (κ1) is 24.4. The normalized spacial score (nSPS) is 51.5. The lowest BCUT2D eigenvalue weighted by Gasteiger charge is -2.63. The minimum atomic E-state index is -0.216. The van der Waals surface area contributed by atoms with E-state index in [0.29, 0.717) is 27.6 Å². The summed E-state index contributed by atoms with van der Waals surface area (Å²) in [5.74, 6) is 3.11. The van der Waals surface area contributed by atoms with Crippen molar-refractivity contribution in [3.63, 3.8) is 0 Å². The Morgan fingerprint density at radius 1 is 0.879 bits per heavy atom. The molecule has 0 radical (unpaired) electrons. The van der Waals surface area contributed by atoms with E-state index in [1.54, 1.807) is 0 Å². The van der Waals surface area contributed by atoms with E-state index in [1.807, 2.05) is 6.92 Å². The van der Waals surface area contributed by atoms with Crippen molar-refractivity contribution < 1.29 is 10.2 Å². The summed E-state index contributed by atoms with van der Waals surface area (Å²) in [7, 11) is 0. The van der Waals surface area contributed by atoms with Gasteiger partial charge in [0.2, 0.25) is 0 Å². The molecule has 0 saturated heterocycles. The summed E-state index contributed by atoms with van der Waals surface area (Å²) >= 11 is 0. The fourth-order valence-electron chi connectivity index (χ4n) is 11.5. The van der Waals surface area contributed by atoms with Gasteiger partial charge in [-0.25, -0.2) is 0 Å². The highest BCUT2D eigenvalue weighted by Gasteiger charge is 2.82. The number of aliphatic hydroxyl groups is 2. The molecule has 0 aliphatic heterocycles. The zero-order valence-corrected chi connectivity index (χ0v) is 22.6. The Balaban J connectivity index is 1.35. The Labute approximate surface area is 204 Å². The second-order valence-corrected chi connectivity index (χ2v) is 14.9. The van der Waals surface area contributed by atoms with E-state index < -0.39 is 0 Å². The van der Waals surface area contributed by atoms with E-state index in [9.17, 15) is 10.2 Å². The molecule has 33 heavy (non-hydrogen) atoms. The van der Waals surface area contributed by atoms with Gasteiger partial charge in [-0.1, -0.05) is 40.2 Å². The summed E-state index contributed by atoms with van der Waals surface area (Å²) < 4.78 is 0. The van der Waals surface area contributed by atoms with E-state index in [4.69, 9.17) is 0 Å². The molecule has 0 bridgehead atoms. The number of fused-ring (bicyclic) bond motifs is 2. The van der Waals surface area contributed by atoms with Gasteiger partial charge < -0.3 is 10.2 Å². The first-order chi connectivity index (χ1) is 15.3. The predicted octanol–water partition coefficient (Wildman–Crippen LogP) is 7.53. The summed E-state index contributed by atoms with van der Waals surface area (Å²) in [5, 5.41) is 21.3. The topological polar surface area (TPSA) is 40.5 Å². The molecule has 5 fully saturated rings. The fourth-order valence-corrected chi connectivity index (χ4v) is 11.5. The van der Waals surface area contributed by atoms with Gasteiger partial charge in [-0.2, -0.15) is 0 Å². The van der Waals surface area contributed by atoms with Crippen LogP contribution in [0.3, 0.4) is 0 Å². The zero-order chi connectivity index (χ0) is 24.0. The molecule has 2 heteroatoms. The summed E-state index contributed by atoms with van der Waals surface area (Å²) in [6.07, 6.45) is 14.7. The van der Waals surface area contributed by atoms with Crippen LogP contribution in [0.2, 0.25) is 0 Å². The standard InChI is InChI=1S/C31H52O2/c1-20(2)18-22(32)9-8-21(3)23-12-14-29(7)25-11-10-24-27(4,5)26(33)13-15-30(24)19-31(25,30)17-16-28(23,29)6/h21-26,32-33H,1,8-19H2,2-7H3/t21-,22+,23-,24+,25+,26+,28-,29+,30-,31+/m1/s1. The zero-order valence-electron chi connectivity index (χ0n) is 22.6. The number of rotatable bonds is 6. The van der Waals surface area contributed by atoms with Crippen LogP contribution in [0.5, 0.6) is 0 Å². The van der Waals surface area contributed by atoms with Gasteiger partial charge in [0.1, 0.15) is 0 Å². The number of aliphatic hydroxyl groups excluding tert-OH is 2. The minimum Gasteiger partial charge on any atom is -0.393 e. The van der Waals surface area contributed by atoms with Gasteiger partial charge in [-0.05, 0) is 135 Å². The molecule has 0 heterocycles. The number of hydrogen-bond donors (Lipinski definition) is 2. The monoisotopic (exact) mass is 456 g/mol. The lowest BCUT2D eigenvalue weighted by molar-refractivity contribution is -0.161. The van der Waals surface area contributed by atoms with Crippen LogP contribution in [0.15, 0.2) is 12.2 Å². The molecular weight excluding hydrogens is 404 g/mol. The third-order valence-corrected chi connectivity index (χ3v) is 13.4. The van der Waals surface area contributed by atoms with Gasteiger partial charge >= 0.3 is 0 Å². The molecule has 2 nitrogen and oxygen atoms in total. The molecule has 2 spiro atoms. The highest BCUT2D eigenvalue weighted by atomic mass is 16.3. The van der Waals surface area contributed by atoms with Crippen LogP contribution in [0.1, 0.15) is 119 Å². The van der Waals surface area contributed by atoms with Crippen LogP contribution < -0.4 is 0 Å². The lowest BCUT2D eigenvalue weighted by Crippen LogP contribution is -2.57. The van der Waals surface area contributed by atoms with Gasteiger partial charge in [0.05, 0.1) is 12.2 Å². The van der Waals surface area contributed by atoms with Crippen molar-refractivity contribution in [2.45, 2.75) is 131 Å². The van der Waals surface area contributed by atoms with Crippen LogP contribution >= 0.6 is 0 Å². The Bertz CT molecular complexity index is 801. The summed E-state index contributed by atoms with van der Waals surface area (Å²) in [6, 6.07) is 0. The lowest BCUT2D eigenvalue weighted by atomic mass is 9.41. The van der Waals surface area contributed by atoms with Crippen molar-refractivity contribution in [3.05, 3.63) is 12.2 Å².